The SMILES string of the molecule is CCn1ncc(Cl)c1C(NC)C1C(C)(C)C1(C)C. The fourth-order valence-corrected chi connectivity index (χ4v) is 3.73. The average Bonchev–Trinajstić information content (AvgIpc) is 2.62. The Kier molecular flexibility index (Phi) is 3.27. The van der Waals surface area contributed by atoms with E-state index in [2.05, 4.69) is 45.0 Å². The lowest BCUT2D eigenvalue weighted by molar-refractivity contribution is 0.407. The summed E-state index contributed by atoms with van der Waals surface area (Å²) in [6.07, 6.45) is 1.76. The highest BCUT2D eigenvalue weighted by molar-refractivity contribution is 6.31. The molecule has 0 aliphatic heterocycles. The number of rotatable bonds is 4. The second kappa shape index (κ2) is 4.24. The van der Waals surface area contributed by atoms with Gasteiger partial charge in [0.15, 0.2) is 0 Å². The van der Waals surface area contributed by atoms with Gasteiger partial charge in [0, 0.05) is 6.54 Å². The van der Waals surface area contributed by atoms with Crippen molar-refractivity contribution in [2.75, 3.05) is 7.05 Å². The molecule has 102 valence electrons. The molecule has 1 aromatic rings. The van der Waals surface area contributed by atoms with Crippen molar-refractivity contribution in [3.8, 4) is 0 Å². The molecule has 0 radical (unpaired) electrons. The predicted molar refractivity (Wildman–Crippen MR) is 75.8 cm³/mol. The summed E-state index contributed by atoms with van der Waals surface area (Å²) in [5.74, 6) is 0.578. The third kappa shape index (κ3) is 1.71. The Morgan fingerprint density at radius 3 is 2.33 bits per heavy atom. The van der Waals surface area contributed by atoms with Crippen LogP contribution < -0.4 is 5.32 Å². The van der Waals surface area contributed by atoms with Gasteiger partial charge in [-0.1, -0.05) is 39.3 Å². The van der Waals surface area contributed by atoms with Crippen molar-refractivity contribution < 1.29 is 0 Å². The molecule has 1 atom stereocenters. The maximum absolute atomic E-state index is 6.33. The molecule has 0 spiro atoms. The first-order valence-electron chi connectivity index (χ1n) is 6.67. The molecule has 1 aliphatic carbocycles. The van der Waals surface area contributed by atoms with Crippen molar-refractivity contribution in [3.63, 3.8) is 0 Å². The van der Waals surface area contributed by atoms with E-state index < -0.39 is 0 Å². The summed E-state index contributed by atoms with van der Waals surface area (Å²) in [5.41, 5.74) is 1.78. The van der Waals surface area contributed by atoms with Crippen LogP contribution in [0.5, 0.6) is 0 Å². The van der Waals surface area contributed by atoms with Gasteiger partial charge in [-0.25, -0.2) is 0 Å². The van der Waals surface area contributed by atoms with Crippen LogP contribution in [-0.2, 0) is 6.54 Å². The molecule has 3 nitrogen and oxygen atoms in total. The van der Waals surface area contributed by atoms with Gasteiger partial charge in [-0.2, -0.15) is 5.10 Å². The van der Waals surface area contributed by atoms with Crippen molar-refractivity contribution in [3.05, 3.63) is 16.9 Å². The molecular weight excluding hydrogens is 246 g/mol. The van der Waals surface area contributed by atoms with Gasteiger partial charge >= 0.3 is 0 Å². The van der Waals surface area contributed by atoms with Crippen LogP contribution in [-0.4, -0.2) is 16.8 Å². The molecule has 1 N–H and O–H groups in total. The molecule has 1 unspecified atom stereocenters. The smallest absolute Gasteiger partial charge is 0.0834 e. The van der Waals surface area contributed by atoms with E-state index in [1.165, 1.54) is 0 Å². The van der Waals surface area contributed by atoms with Crippen LogP contribution in [0.25, 0.3) is 0 Å². The largest absolute Gasteiger partial charge is 0.311 e. The summed E-state index contributed by atoms with van der Waals surface area (Å²) in [7, 11) is 2.01. The van der Waals surface area contributed by atoms with E-state index in [1.807, 2.05) is 11.7 Å². The lowest BCUT2D eigenvalue weighted by Crippen LogP contribution is -2.25. The number of hydrogen-bond donors (Lipinski definition) is 1. The van der Waals surface area contributed by atoms with Gasteiger partial charge < -0.3 is 5.32 Å². The highest BCUT2D eigenvalue weighted by Crippen LogP contribution is 2.72. The van der Waals surface area contributed by atoms with Gasteiger partial charge in [-0.05, 0) is 30.7 Å². The van der Waals surface area contributed by atoms with Gasteiger partial charge in [0.05, 0.1) is 23.0 Å². The molecule has 1 fully saturated rings. The Morgan fingerprint density at radius 1 is 1.39 bits per heavy atom. The molecule has 0 amide bonds. The molecule has 1 saturated carbocycles. The summed E-state index contributed by atoms with van der Waals surface area (Å²) in [6, 6.07) is 0.268. The Labute approximate surface area is 115 Å². The molecule has 1 aliphatic rings. The molecular formula is C14H24ClN3. The lowest BCUT2D eigenvalue weighted by Gasteiger charge is -2.20. The van der Waals surface area contributed by atoms with E-state index in [0.717, 1.165) is 17.3 Å². The molecule has 4 heteroatoms. The highest BCUT2D eigenvalue weighted by atomic mass is 35.5. The van der Waals surface area contributed by atoms with Crippen LogP contribution in [0.3, 0.4) is 0 Å². The fourth-order valence-electron chi connectivity index (χ4n) is 3.48. The molecule has 0 bridgehead atoms. The number of aryl methyl sites for hydroxylation is 1. The molecule has 1 aromatic heterocycles. The third-order valence-corrected chi connectivity index (χ3v) is 5.50. The van der Waals surface area contributed by atoms with E-state index in [9.17, 15) is 0 Å². The quantitative estimate of drug-likeness (QED) is 0.907. The van der Waals surface area contributed by atoms with Gasteiger partial charge in [0.1, 0.15) is 0 Å². The van der Waals surface area contributed by atoms with Gasteiger partial charge in [0.25, 0.3) is 0 Å². The molecule has 18 heavy (non-hydrogen) atoms. The van der Waals surface area contributed by atoms with Crippen LogP contribution in [0.2, 0.25) is 5.02 Å². The van der Waals surface area contributed by atoms with E-state index in [-0.39, 0.29) is 6.04 Å². The van der Waals surface area contributed by atoms with Crippen molar-refractivity contribution in [2.24, 2.45) is 16.7 Å². The Hall–Kier alpha value is -0.540. The second-order valence-electron chi connectivity index (χ2n) is 6.38. The number of hydrogen-bond acceptors (Lipinski definition) is 2. The van der Waals surface area contributed by atoms with Crippen LogP contribution in [0.15, 0.2) is 6.20 Å². The maximum atomic E-state index is 6.33. The van der Waals surface area contributed by atoms with E-state index in [0.29, 0.717) is 16.7 Å². The van der Waals surface area contributed by atoms with E-state index in [4.69, 9.17) is 11.6 Å². The molecule has 0 saturated heterocycles. The predicted octanol–water partition coefficient (Wildman–Crippen LogP) is 3.50. The summed E-state index contributed by atoms with van der Waals surface area (Å²) in [6.45, 7) is 12.3. The Morgan fingerprint density at radius 2 is 1.94 bits per heavy atom. The van der Waals surface area contributed by atoms with Gasteiger partial charge in [0.2, 0.25) is 0 Å². The van der Waals surface area contributed by atoms with Crippen LogP contribution in [0, 0.1) is 16.7 Å². The maximum Gasteiger partial charge on any atom is 0.0834 e. The van der Waals surface area contributed by atoms with E-state index in [1.54, 1.807) is 6.20 Å². The zero-order valence-corrected chi connectivity index (χ0v) is 13.0. The summed E-state index contributed by atoms with van der Waals surface area (Å²) < 4.78 is 2.01. The summed E-state index contributed by atoms with van der Waals surface area (Å²) in [5, 5.41) is 8.57. The first-order valence-corrected chi connectivity index (χ1v) is 7.05. The van der Waals surface area contributed by atoms with Crippen molar-refractivity contribution in [1.82, 2.24) is 15.1 Å². The van der Waals surface area contributed by atoms with Crippen LogP contribution in [0.4, 0.5) is 0 Å². The second-order valence-corrected chi connectivity index (χ2v) is 6.79. The van der Waals surface area contributed by atoms with Gasteiger partial charge in [-0.15, -0.1) is 0 Å². The number of nitrogens with one attached hydrogen (secondary N) is 1. The lowest BCUT2D eigenvalue weighted by atomic mass is 10.0. The fraction of sp³-hybridized carbons (Fsp3) is 0.786. The third-order valence-electron chi connectivity index (χ3n) is 5.20. The van der Waals surface area contributed by atoms with Crippen LogP contribution >= 0.6 is 11.6 Å². The zero-order chi connectivity index (χ0) is 13.7. The van der Waals surface area contributed by atoms with Gasteiger partial charge in [-0.3, -0.25) is 4.68 Å². The number of halogens is 1. The van der Waals surface area contributed by atoms with Crippen molar-refractivity contribution >= 4 is 11.6 Å². The monoisotopic (exact) mass is 269 g/mol. The van der Waals surface area contributed by atoms with E-state index >= 15 is 0 Å². The first kappa shape index (κ1) is 13.9. The standard InChI is InChI=1S/C14H24ClN3/c1-7-18-11(9(15)8-17-18)10(16-6)12-13(2,3)14(12,4)5/h8,10,12,16H,7H2,1-6H3. The minimum atomic E-state index is 0.268. The average molecular weight is 270 g/mol. The normalized spacial score (nSPS) is 23.1. The van der Waals surface area contributed by atoms with Crippen LogP contribution in [0.1, 0.15) is 46.4 Å². The topological polar surface area (TPSA) is 29.9 Å². The van der Waals surface area contributed by atoms with Crippen molar-refractivity contribution in [1.29, 1.82) is 0 Å². The molecule has 1 heterocycles. The first-order chi connectivity index (χ1) is 8.29. The summed E-state index contributed by atoms with van der Waals surface area (Å²) in [4.78, 5) is 0. The number of aromatic nitrogens is 2. The summed E-state index contributed by atoms with van der Waals surface area (Å²) >= 11 is 6.33. The Bertz CT molecular complexity index is 434. The highest BCUT2D eigenvalue weighted by Gasteiger charge is 2.67. The Balaban J connectivity index is 2.39. The minimum Gasteiger partial charge on any atom is -0.311 e. The number of nitrogens with zero attached hydrogens (tertiary/aromatic N) is 2. The van der Waals surface area contributed by atoms with Crippen molar-refractivity contribution in [2.45, 2.75) is 47.2 Å². The molecule has 2 rings (SSSR count). The zero-order valence-electron chi connectivity index (χ0n) is 12.2. The molecule has 0 aromatic carbocycles. The minimum absolute atomic E-state index is 0.268.